The molecule has 1 N–H and O–H groups in total. The molecular formula is C27H26N2O5S. The average molecular weight is 491 g/mol. The number of aromatic hydroxyl groups is 1. The van der Waals surface area contributed by atoms with Gasteiger partial charge in [-0.05, 0) is 49.6 Å². The van der Waals surface area contributed by atoms with Crippen LogP contribution >= 0.6 is 11.3 Å². The van der Waals surface area contributed by atoms with E-state index in [9.17, 15) is 14.7 Å². The second-order valence-corrected chi connectivity index (χ2v) is 8.95. The first kappa shape index (κ1) is 24.2. The Balaban J connectivity index is 1.94. The molecule has 1 aliphatic rings. The quantitative estimate of drug-likeness (QED) is 0.406. The van der Waals surface area contributed by atoms with Crippen LogP contribution in [0.25, 0.3) is 6.08 Å². The van der Waals surface area contributed by atoms with Gasteiger partial charge in [-0.15, -0.1) is 6.58 Å². The molecule has 0 saturated carbocycles. The Hall–Kier alpha value is -3.91. The second kappa shape index (κ2) is 10.1. The Morgan fingerprint density at radius 3 is 2.69 bits per heavy atom. The first-order chi connectivity index (χ1) is 16.9. The van der Waals surface area contributed by atoms with Gasteiger partial charge in [-0.3, -0.25) is 9.36 Å². The summed E-state index contributed by atoms with van der Waals surface area (Å²) < 4.78 is 12.6. The molecule has 0 fully saturated rings. The Morgan fingerprint density at radius 2 is 2.03 bits per heavy atom. The molecule has 0 amide bonds. The van der Waals surface area contributed by atoms with E-state index in [-0.39, 0.29) is 17.9 Å². The molecule has 1 aliphatic heterocycles. The molecular weight excluding hydrogens is 464 g/mol. The average Bonchev–Trinajstić information content (AvgIpc) is 3.15. The fourth-order valence-corrected chi connectivity index (χ4v) is 5.18. The number of allylic oxidation sites excluding steroid dienone is 2. The lowest BCUT2D eigenvalue weighted by Crippen LogP contribution is -2.39. The maximum atomic E-state index is 13.7. The summed E-state index contributed by atoms with van der Waals surface area (Å²) in [7, 11) is 1.48. The van der Waals surface area contributed by atoms with Gasteiger partial charge in [0.2, 0.25) is 0 Å². The zero-order valence-corrected chi connectivity index (χ0v) is 20.6. The number of esters is 1. The number of phenolic OH excluding ortho intramolecular Hbond substituents is 1. The number of ether oxygens (including phenoxy) is 2. The van der Waals surface area contributed by atoms with E-state index in [1.165, 1.54) is 18.4 Å². The number of hydrogen-bond donors (Lipinski definition) is 1. The number of phenols is 1. The maximum absolute atomic E-state index is 13.7. The highest BCUT2D eigenvalue weighted by atomic mass is 32.1. The Morgan fingerprint density at radius 1 is 1.29 bits per heavy atom. The molecule has 1 unspecified atom stereocenters. The monoisotopic (exact) mass is 490 g/mol. The second-order valence-electron chi connectivity index (χ2n) is 7.94. The number of fused-ring (bicyclic) bond motifs is 1. The number of rotatable bonds is 7. The Bertz CT molecular complexity index is 1500. The number of thiazole rings is 1. The molecule has 0 aliphatic carbocycles. The fraction of sp³-hybridized carbons (Fsp3) is 0.222. The van der Waals surface area contributed by atoms with Crippen LogP contribution in [0.3, 0.4) is 0 Å². The van der Waals surface area contributed by atoms with E-state index in [0.717, 1.165) is 5.56 Å². The van der Waals surface area contributed by atoms with E-state index in [1.807, 2.05) is 30.3 Å². The van der Waals surface area contributed by atoms with E-state index in [1.54, 1.807) is 42.7 Å². The molecule has 7 nitrogen and oxygen atoms in total. The largest absolute Gasteiger partial charge is 0.504 e. The van der Waals surface area contributed by atoms with Crippen molar-refractivity contribution < 1.29 is 19.4 Å². The van der Waals surface area contributed by atoms with Gasteiger partial charge in [-0.1, -0.05) is 47.7 Å². The van der Waals surface area contributed by atoms with Crippen LogP contribution in [0.4, 0.5) is 0 Å². The molecule has 35 heavy (non-hydrogen) atoms. The standard InChI is InChI=1S/C27H26N2O5S/c1-5-10-19-13-17(14-20(33-4)24(19)30)15-21-25(31)29-23(18-11-8-7-9-12-18)22(26(32)34-6-2)16(3)28-27(29)35-21/h5,7-9,11-15,23,30H,1,6,10H2,2-4H3/b21-15-. The van der Waals surface area contributed by atoms with Gasteiger partial charge in [0.1, 0.15) is 0 Å². The van der Waals surface area contributed by atoms with Crippen molar-refractivity contribution in [2.75, 3.05) is 13.7 Å². The van der Waals surface area contributed by atoms with Crippen LogP contribution in [-0.2, 0) is 16.0 Å². The number of methoxy groups -OCH3 is 1. The predicted molar refractivity (Wildman–Crippen MR) is 135 cm³/mol. The molecule has 2 aromatic carbocycles. The summed E-state index contributed by atoms with van der Waals surface area (Å²) >= 11 is 1.24. The summed E-state index contributed by atoms with van der Waals surface area (Å²) in [4.78, 5) is 31.7. The minimum absolute atomic E-state index is 0.0461. The predicted octanol–water partition coefficient (Wildman–Crippen LogP) is 3.24. The lowest BCUT2D eigenvalue weighted by atomic mass is 9.96. The number of carbonyl (C=O) groups is 1. The van der Waals surface area contributed by atoms with Gasteiger partial charge in [-0.2, -0.15) is 0 Å². The van der Waals surface area contributed by atoms with Gasteiger partial charge in [-0.25, -0.2) is 9.79 Å². The Kier molecular flexibility index (Phi) is 7.02. The lowest BCUT2D eigenvalue weighted by molar-refractivity contribution is -0.139. The highest BCUT2D eigenvalue weighted by Gasteiger charge is 2.33. The fourth-order valence-electron chi connectivity index (χ4n) is 4.13. The summed E-state index contributed by atoms with van der Waals surface area (Å²) in [5.41, 5.74) is 2.72. The van der Waals surface area contributed by atoms with Gasteiger partial charge in [0, 0.05) is 5.56 Å². The van der Waals surface area contributed by atoms with Crippen LogP contribution < -0.4 is 19.6 Å². The number of aromatic nitrogens is 1. The summed E-state index contributed by atoms with van der Waals surface area (Å²) in [6.07, 6.45) is 3.87. The zero-order valence-electron chi connectivity index (χ0n) is 19.8. The topological polar surface area (TPSA) is 90.1 Å². The highest BCUT2D eigenvalue weighted by Crippen LogP contribution is 2.33. The van der Waals surface area contributed by atoms with Crippen molar-refractivity contribution in [3.63, 3.8) is 0 Å². The van der Waals surface area contributed by atoms with E-state index in [2.05, 4.69) is 11.6 Å². The smallest absolute Gasteiger partial charge is 0.338 e. The van der Waals surface area contributed by atoms with Crippen molar-refractivity contribution in [1.29, 1.82) is 0 Å². The van der Waals surface area contributed by atoms with Crippen LogP contribution in [0.1, 0.15) is 36.6 Å². The minimum Gasteiger partial charge on any atom is -0.504 e. The molecule has 180 valence electrons. The van der Waals surface area contributed by atoms with E-state index >= 15 is 0 Å². The van der Waals surface area contributed by atoms with Gasteiger partial charge < -0.3 is 14.6 Å². The van der Waals surface area contributed by atoms with Crippen LogP contribution in [0, 0.1) is 0 Å². The van der Waals surface area contributed by atoms with Gasteiger partial charge >= 0.3 is 5.97 Å². The molecule has 0 bridgehead atoms. The molecule has 4 rings (SSSR count). The molecule has 0 saturated heterocycles. The molecule has 8 heteroatoms. The number of nitrogens with zero attached hydrogens (tertiary/aromatic N) is 2. The number of carbonyl (C=O) groups excluding carboxylic acids is 1. The van der Waals surface area contributed by atoms with E-state index in [0.29, 0.717) is 43.9 Å². The van der Waals surface area contributed by atoms with Gasteiger partial charge in [0.15, 0.2) is 16.3 Å². The van der Waals surface area contributed by atoms with Gasteiger partial charge in [0.05, 0.1) is 35.6 Å². The highest BCUT2D eigenvalue weighted by molar-refractivity contribution is 7.07. The SMILES string of the molecule is C=CCc1cc(/C=c2\sc3n(c2=O)C(c2ccccc2)C(C(=O)OCC)=C(C)N=3)cc(OC)c1O. The molecule has 1 aromatic heterocycles. The minimum atomic E-state index is -0.653. The van der Waals surface area contributed by atoms with Gasteiger partial charge in [0.25, 0.3) is 5.56 Å². The first-order valence-electron chi connectivity index (χ1n) is 11.1. The Labute approximate surface area is 206 Å². The van der Waals surface area contributed by atoms with Crippen LogP contribution in [0.15, 0.2) is 76.2 Å². The van der Waals surface area contributed by atoms with Crippen molar-refractivity contribution in [3.8, 4) is 11.5 Å². The van der Waals surface area contributed by atoms with Crippen LogP contribution in [-0.4, -0.2) is 29.4 Å². The summed E-state index contributed by atoms with van der Waals surface area (Å²) in [6, 6.07) is 12.2. The molecule has 0 spiro atoms. The van der Waals surface area contributed by atoms with E-state index < -0.39 is 12.0 Å². The van der Waals surface area contributed by atoms with Crippen molar-refractivity contribution in [3.05, 3.63) is 103 Å². The number of benzene rings is 2. The number of hydrogen-bond acceptors (Lipinski definition) is 7. The van der Waals surface area contributed by atoms with Crippen LogP contribution in [0.2, 0.25) is 0 Å². The maximum Gasteiger partial charge on any atom is 0.338 e. The molecule has 0 radical (unpaired) electrons. The molecule has 1 atom stereocenters. The summed E-state index contributed by atoms with van der Waals surface area (Å²) in [5, 5.41) is 10.4. The third kappa shape index (κ3) is 4.57. The summed E-state index contributed by atoms with van der Waals surface area (Å²) in [5.74, 6) is -0.134. The third-order valence-electron chi connectivity index (χ3n) is 5.69. The first-order valence-corrected chi connectivity index (χ1v) is 12.0. The van der Waals surface area contributed by atoms with Crippen molar-refractivity contribution in [2.45, 2.75) is 26.3 Å². The third-order valence-corrected chi connectivity index (χ3v) is 6.67. The zero-order chi connectivity index (χ0) is 25.1. The lowest BCUT2D eigenvalue weighted by Gasteiger charge is -2.24. The molecule has 2 heterocycles. The summed E-state index contributed by atoms with van der Waals surface area (Å²) in [6.45, 7) is 7.45. The molecule has 3 aromatic rings. The van der Waals surface area contributed by atoms with E-state index in [4.69, 9.17) is 9.47 Å². The van der Waals surface area contributed by atoms with Crippen molar-refractivity contribution in [2.24, 2.45) is 4.99 Å². The normalized spacial score (nSPS) is 15.4. The van der Waals surface area contributed by atoms with Crippen molar-refractivity contribution >= 4 is 23.4 Å². The van der Waals surface area contributed by atoms with Crippen molar-refractivity contribution in [1.82, 2.24) is 4.57 Å². The van der Waals surface area contributed by atoms with Crippen LogP contribution in [0.5, 0.6) is 11.5 Å².